The Labute approximate surface area is 60.4 Å². The van der Waals surface area contributed by atoms with E-state index in [1.807, 2.05) is 0 Å². The van der Waals surface area contributed by atoms with E-state index in [2.05, 4.69) is 4.74 Å². The first kappa shape index (κ1) is 12.1. The largest absolute Gasteiger partial charge is 0.481 e. The summed E-state index contributed by atoms with van der Waals surface area (Å²) >= 11 is 0. The van der Waals surface area contributed by atoms with Gasteiger partial charge in [0, 0.05) is 14.0 Å². The van der Waals surface area contributed by atoms with E-state index in [1.54, 1.807) is 14.0 Å². The molecule has 1 unspecified atom stereocenters. The molecule has 4 heteroatoms. The minimum absolute atomic E-state index is 0.00926. The molecule has 1 atom stereocenters. The van der Waals surface area contributed by atoms with Crippen LogP contribution in [0.25, 0.3) is 0 Å². The van der Waals surface area contributed by atoms with Crippen molar-refractivity contribution in [2.75, 3.05) is 13.7 Å². The van der Waals surface area contributed by atoms with Gasteiger partial charge in [0.1, 0.15) is 0 Å². The van der Waals surface area contributed by atoms with Crippen molar-refractivity contribution in [3.05, 3.63) is 0 Å². The summed E-state index contributed by atoms with van der Waals surface area (Å²) < 4.78 is 4.65. The van der Waals surface area contributed by atoms with Gasteiger partial charge in [-0.3, -0.25) is 4.79 Å². The van der Waals surface area contributed by atoms with Gasteiger partial charge in [0.25, 0.3) is 5.97 Å². The maximum absolute atomic E-state index is 9.00. The van der Waals surface area contributed by atoms with Crippen LogP contribution in [0, 0.1) is 0 Å². The molecule has 0 saturated carbocycles. The van der Waals surface area contributed by atoms with Crippen molar-refractivity contribution in [1.29, 1.82) is 0 Å². The van der Waals surface area contributed by atoms with Crippen LogP contribution in [0.5, 0.6) is 0 Å². The summed E-state index contributed by atoms with van der Waals surface area (Å²) in [6.45, 7) is 3.00. The highest BCUT2D eigenvalue weighted by atomic mass is 16.5. The number of carboxylic acid groups (broad SMARTS) is 1. The second-order valence-electron chi connectivity index (χ2n) is 1.75. The molecular formula is C6H14O4. The number of aliphatic hydroxyl groups excluding tert-OH is 1. The van der Waals surface area contributed by atoms with Crippen molar-refractivity contribution < 1.29 is 19.7 Å². The van der Waals surface area contributed by atoms with E-state index in [0.717, 1.165) is 6.92 Å². The fraction of sp³-hybridized carbons (Fsp3) is 0.833. The van der Waals surface area contributed by atoms with Gasteiger partial charge in [0.15, 0.2) is 0 Å². The highest BCUT2D eigenvalue weighted by Crippen LogP contribution is 1.80. The molecule has 0 radical (unpaired) electrons. The molecule has 0 aromatic rings. The number of hydrogen-bond acceptors (Lipinski definition) is 3. The smallest absolute Gasteiger partial charge is 0.300 e. The van der Waals surface area contributed by atoms with Crippen molar-refractivity contribution in [2.24, 2.45) is 0 Å². The molecule has 0 spiro atoms. The van der Waals surface area contributed by atoms with Crippen LogP contribution >= 0.6 is 0 Å². The molecule has 0 rings (SSSR count). The zero-order valence-electron chi connectivity index (χ0n) is 6.50. The molecule has 0 aromatic carbocycles. The number of aliphatic carboxylic acids is 1. The van der Waals surface area contributed by atoms with E-state index in [1.165, 1.54) is 0 Å². The van der Waals surface area contributed by atoms with Crippen molar-refractivity contribution >= 4 is 5.97 Å². The monoisotopic (exact) mass is 150 g/mol. The first-order chi connectivity index (χ1) is 4.54. The summed E-state index contributed by atoms with van der Waals surface area (Å²) in [6, 6.07) is 0. The molecule has 0 bridgehead atoms. The van der Waals surface area contributed by atoms with Crippen molar-refractivity contribution in [3.63, 3.8) is 0 Å². The lowest BCUT2D eigenvalue weighted by Gasteiger charge is -2.00. The molecule has 4 nitrogen and oxygen atoms in total. The minimum Gasteiger partial charge on any atom is -0.481 e. The zero-order valence-corrected chi connectivity index (χ0v) is 6.50. The van der Waals surface area contributed by atoms with Crippen LogP contribution in [0.4, 0.5) is 0 Å². The number of ether oxygens (including phenoxy) is 1. The van der Waals surface area contributed by atoms with Gasteiger partial charge < -0.3 is 14.9 Å². The average Bonchev–Trinajstić information content (AvgIpc) is 1.85. The van der Waals surface area contributed by atoms with Crippen LogP contribution in [0.1, 0.15) is 13.8 Å². The predicted octanol–water partition coefficient (Wildman–Crippen LogP) is 0.104. The highest BCUT2D eigenvalue weighted by molar-refractivity contribution is 5.62. The molecule has 0 amide bonds. The highest BCUT2D eigenvalue weighted by Gasteiger charge is 1.90. The number of rotatable bonds is 2. The molecule has 0 heterocycles. The minimum atomic E-state index is -0.833. The SMILES string of the molecule is CC(=O)O.COC(C)CO. The lowest BCUT2D eigenvalue weighted by molar-refractivity contribution is -0.134. The quantitative estimate of drug-likeness (QED) is 0.586. The van der Waals surface area contributed by atoms with Gasteiger partial charge in [0.2, 0.25) is 0 Å². The van der Waals surface area contributed by atoms with Gasteiger partial charge >= 0.3 is 0 Å². The van der Waals surface area contributed by atoms with Crippen LogP contribution in [0.15, 0.2) is 0 Å². The van der Waals surface area contributed by atoms with Crippen molar-refractivity contribution in [3.8, 4) is 0 Å². The second kappa shape index (κ2) is 8.39. The Kier molecular flexibility index (Phi) is 10.2. The Balaban J connectivity index is 0. The van der Waals surface area contributed by atoms with E-state index in [9.17, 15) is 0 Å². The summed E-state index contributed by atoms with van der Waals surface area (Å²) in [5, 5.41) is 15.6. The molecule has 10 heavy (non-hydrogen) atoms. The van der Waals surface area contributed by atoms with Crippen LogP contribution < -0.4 is 0 Å². The molecule has 0 aliphatic rings. The normalized spacial score (nSPS) is 11.2. The molecule has 62 valence electrons. The Bertz CT molecular complexity index is 73.8. The van der Waals surface area contributed by atoms with E-state index in [4.69, 9.17) is 15.0 Å². The van der Waals surface area contributed by atoms with Gasteiger partial charge in [-0.1, -0.05) is 0 Å². The lowest BCUT2D eigenvalue weighted by Crippen LogP contribution is -2.08. The average molecular weight is 150 g/mol. The number of aliphatic hydroxyl groups is 1. The molecule has 2 N–H and O–H groups in total. The van der Waals surface area contributed by atoms with Gasteiger partial charge in [-0.05, 0) is 6.92 Å². The topological polar surface area (TPSA) is 66.8 Å². The number of carboxylic acids is 1. The zero-order chi connectivity index (χ0) is 8.57. The van der Waals surface area contributed by atoms with Crippen LogP contribution in [0.3, 0.4) is 0 Å². The van der Waals surface area contributed by atoms with Gasteiger partial charge in [0.05, 0.1) is 12.7 Å². The van der Waals surface area contributed by atoms with E-state index < -0.39 is 5.97 Å². The Morgan fingerprint density at radius 3 is 2.00 bits per heavy atom. The maximum atomic E-state index is 9.00. The standard InChI is InChI=1S/C4H10O2.C2H4O2/c1-4(3-5)6-2;1-2(3)4/h4-5H,3H2,1-2H3;1H3,(H,3,4). The summed E-state index contributed by atoms with van der Waals surface area (Å²) in [5.74, 6) is -0.833. The molecule has 0 aliphatic carbocycles. The Morgan fingerprint density at radius 2 is 2.00 bits per heavy atom. The second-order valence-corrected chi connectivity index (χ2v) is 1.75. The summed E-state index contributed by atoms with van der Waals surface area (Å²) in [4.78, 5) is 9.00. The summed E-state index contributed by atoms with van der Waals surface area (Å²) in [7, 11) is 1.57. The fourth-order valence-electron chi connectivity index (χ4n) is 0.0745. The van der Waals surface area contributed by atoms with E-state index in [0.29, 0.717) is 0 Å². The van der Waals surface area contributed by atoms with E-state index in [-0.39, 0.29) is 12.7 Å². The van der Waals surface area contributed by atoms with Crippen molar-refractivity contribution in [2.45, 2.75) is 20.0 Å². The first-order valence-corrected chi connectivity index (χ1v) is 2.87. The van der Waals surface area contributed by atoms with Gasteiger partial charge in [-0.15, -0.1) is 0 Å². The third-order valence-corrected chi connectivity index (χ3v) is 0.659. The molecule has 0 saturated heterocycles. The van der Waals surface area contributed by atoms with Crippen LogP contribution in [0.2, 0.25) is 0 Å². The van der Waals surface area contributed by atoms with Crippen molar-refractivity contribution in [1.82, 2.24) is 0 Å². The molecule has 0 fully saturated rings. The third kappa shape index (κ3) is 26.3. The summed E-state index contributed by atoms with van der Waals surface area (Å²) in [5.41, 5.74) is 0. The lowest BCUT2D eigenvalue weighted by atomic mass is 10.4. The number of carbonyl (C=O) groups is 1. The van der Waals surface area contributed by atoms with Gasteiger partial charge in [-0.25, -0.2) is 0 Å². The maximum Gasteiger partial charge on any atom is 0.300 e. The predicted molar refractivity (Wildman–Crippen MR) is 36.9 cm³/mol. The number of hydrogen-bond donors (Lipinski definition) is 2. The van der Waals surface area contributed by atoms with Gasteiger partial charge in [-0.2, -0.15) is 0 Å². The van der Waals surface area contributed by atoms with Crippen LogP contribution in [-0.2, 0) is 9.53 Å². The summed E-state index contributed by atoms with van der Waals surface area (Å²) in [6.07, 6.45) is -0.00926. The first-order valence-electron chi connectivity index (χ1n) is 2.87. The molecule has 0 aromatic heterocycles. The van der Waals surface area contributed by atoms with Crippen LogP contribution in [-0.4, -0.2) is 36.0 Å². The Hall–Kier alpha value is -0.610. The van der Waals surface area contributed by atoms with E-state index >= 15 is 0 Å². The third-order valence-electron chi connectivity index (χ3n) is 0.659. The fourth-order valence-corrected chi connectivity index (χ4v) is 0.0745. The molecular weight excluding hydrogens is 136 g/mol. The number of methoxy groups -OCH3 is 1. The Morgan fingerprint density at radius 1 is 1.70 bits per heavy atom. The molecule has 0 aliphatic heterocycles.